The van der Waals surface area contributed by atoms with Crippen LogP contribution in [0, 0.1) is 16.7 Å². The molecule has 0 aliphatic heterocycles. The van der Waals surface area contributed by atoms with Gasteiger partial charge >= 0.3 is 0 Å². The molecular weight excluding hydrogens is 585 g/mol. The quantitative estimate of drug-likeness (QED) is 0.150. The Balaban J connectivity index is 1.08. The number of H-pyrrole nitrogens is 1. The number of rotatable bonds is 4. The molecule has 0 amide bonds. The average Bonchev–Trinajstić information content (AvgIpc) is 3.36. The number of aromatic nitrogens is 1. The SMILES string of the molecule is CC1(C)c2cc(C#N)ccc2-c2ccc(-c3ccc4ccc(-c5ccc(C(=N)N=c6[nH]cccc6-c6ccccc6)cc5)cc4c3)cc21. The van der Waals surface area contributed by atoms with E-state index in [1.165, 1.54) is 44.2 Å². The summed E-state index contributed by atoms with van der Waals surface area (Å²) in [6, 6.07) is 50.5. The summed E-state index contributed by atoms with van der Waals surface area (Å²) in [6.07, 6.45) is 1.84. The molecule has 48 heavy (non-hydrogen) atoms. The molecule has 4 nitrogen and oxygen atoms in total. The fourth-order valence-corrected chi connectivity index (χ4v) is 6.96. The summed E-state index contributed by atoms with van der Waals surface area (Å²) in [7, 11) is 0. The largest absolute Gasteiger partial charge is 0.346 e. The van der Waals surface area contributed by atoms with Crippen LogP contribution in [-0.4, -0.2) is 10.8 Å². The molecule has 0 bridgehead atoms. The normalized spacial score (nSPS) is 13.1. The first-order chi connectivity index (χ1) is 23.4. The van der Waals surface area contributed by atoms with Gasteiger partial charge in [-0.1, -0.05) is 111 Å². The van der Waals surface area contributed by atoms with E-state index in [2.05, 4.69) is 103 Å². The second kappa shape index (κ2) is 11.5. The number of hydrogen-bond donors (Lipinski definition) is 2. The number of amidine groups is 1. The van der Waals surface area contributed by atoms with Crippen LogP contribution in [0.5, 0.6) is 0 Å². The number of nitrogens with one attached hydrogen (secondary N) is 2. The Morgan fingerprint density at radius 1 is 0.604 bits per heavy atom. The maximum atomic E-state index is 9.49. The first kappa shape index (κ1) is 29.1. The Hall–Kier alpha value is -6.31. The van der Waals surface area contributed by atoms with Crippen LogP contribution in [0.2, 0.25) is 0 Å². The van der Waals surface area contributed by atoms with Crippen LogP contribution < -0.4 is 5.49 Å². The number of hydrogen-bond acceptors (Lipinski definition) is 2. The standard InChI is InChI=1S/C44H32N4/c1-44(2)40-23-28(27-45)10-20-38(40)39-21-19-35(26-41(39)44)34-18-14-30-13-17-33(24-36(30)25-34)29-11-15-32(16-12-29)42(46)48-43-37(9-6-22-47-43)31-7-4-3-5-8-31/h3-26H,1-2H3,(H2,46,47,48). The molecule has 0 fully saturated rings. The van der Waals surface area contributed by atoms with Crippen LogP contribution in [0.3, 0.4) is 0 Å². The second-order valence-electron chi connectivity index (χ2n) is 12.9. The Labute approximate surface area is 279 Å². The molecule has 0 unspecified atom stereocenters. The Kier molecular flexibility index (Phi) is 6.97. The minimum atomic E-state index is -0.184. The molecule has 6 aromatic carbocycles. The number of pyridine rings is 1. The predicted octanol–water partition coefficient (Wildman–Crippen LogP) is 10.3. The molecule has 8 rings (SSSR count). The number of benzene rings is 6. The fraction of sp³-hybridized carbons (Fsp3) is 0.0682. The topological polar surface area (TPSA) is 75.8 Å². The summed E-state index contributed by atoms with van der Waals surface area (Å²) in [5.41, 5.74) is 13.5. The minimum Gasteiger partial charge on any atom is -0.346 e. The van der Waals surface area contributed by atoms with Gasteiger partial charge in [0, 0.05) is 22.7 Å². The van der Waals surface area contributed by atoms with Gasteiger partial charge in [-0.15, -0.1) is 0 Å². The maximum Gasteiger partial charge on any atom is 0.154 e. The summed E-state index contributed by atoms with van der Waals surface area (Å²) >= 11 is 0. The molecule has 1 aromatic heterocycles. The third kappa shape index (κ3) is 5.03. The van der Waals surface area contributed by atoms with Gasteiger partial charge in [-0.3, -0.25) is 5.41 Å². The molecule has 0 saturated heterocycles. The van der Waals surface area contributed by atoms with E-state index in [4.69, 9.17) is 5.41 Å². The van der Waals surface area contributed by atoms with E-state index in [-0.39, 0.29) is 11.3 Å². The van der Waals surface area contributed by atoms with Crippen LogP contribution in [0.1, 0.15) is 36.1 Å². The molecule has 1 aliphatic rings. The first-order valence-corrected chi connectivity index (χ1v) is 16.1. The summed E-state index contributed by atoms with van der Waals surface area (Å²) in [5.74, 6) is 0.204. The van der Waals surface area contributed by atoms with E-state index < -0.39 is 0 Å². The molecule has 0 atom stereocenters. The first-order valence-electron chi connectivity index (χ1n) is 16.1. The number of aromatic amines is 1. The van der Waals surface area contributed by atoms with E-state index in [0.29, 0.717) is 11.1 Å². The van der Waals surface area contributed by atoms with Gasteiger partial charge in [-0.25, -0.2) is 4.99 Å². The second-order valence-corrected chi connectivity index (χ2v) is 12.9. The van der Waals surface area contributed by atoms with E-state index in [1.807, 2.05) is 72.9 Å². The zero-order valence-corrected chi connectivity index (χ0v) is 26.8. The number of nitriles is 1. The monoisotopic (exact) mass is 616 g/mol. The van der Waals surface area contributed by atoms with Crippen molar-refractivity contribution >= 4 is 16.6 Å². The van der Waals surface area contributed by atoms with Crippen molar-refractivity contribution in [1.29, 1.82) is 10.7 Å². The van der Waals surface area contributed by atoms with Gasteiger partial charge in [0.1, 0.15) is 5.49 Å². The van der Waals surface area contributed by atoms with Crippen LogP contribution in [0.4, 0.5) is 0 Å². The molecule has 4 heteroatoms. The lowest BCUT2D eigenvalue weighted by molar-refractivity contribution is 0.660. The third-order valence-electron chi connectivity index (χ3n) is 9.61. The van der Waals surface area contributed by atoms with Gasteiger partial charge in [0.05, 0.1) is 11.6 Å². The van der Waals surface area contributed by atoms with Gasteiger partial charge in [0.25, 0.3) is 0 Å². The molecule has 2 N–H and O–H groups in total. The highest BCUT2D eigenvalue weighted by molar-refractivity contribution is 5.98. The van der Waals surface area contributed by atoms with Crippen molar-refractivity contribution in [2.24, 2.45) is 4.99 Å². The highest BCUT2D eigenvalue weighted by Crippen LogP contribution is 2.50. The van der Waals surface area contributed by atoms with Gasteiger partial charge in [0.15, 0.2) is 5.84 Å². The van der Waals surface area contributed by atoms with Gasteiger partial charge in [-0.2, -0.15) is 5.26 Å². The van der Waals surface area contributed by atoms with E-state index in [1.54, 1.807) is 0 Å². The lowest BCUT2D eigenvalue weighted by Crippen LogP contribution is -2.15. The van der Waals surface area contributed by atoms with Crippen molar-refractivity contribution in [3.63, 3.8) is 0 Å². The molecule has 7 aromatic rings. The summed E-state index contributed by atoms with van der Waals surface area (Å²) in [4.78, 5) is 7.87. The highest BCUT2D eigenvalue weighted by atomic mass is 14.9. The van der Waals surface area contributed by atoms with Crippen molar-refractivity contribution in [1.82, 2.24) is 4.98 Å². The average molecular weight is 617 g/mol. The van der Waals surface area contributed by atoms with E-state index in [9.17, 15) is 5.26 Å². The smallest absolute Gasteiger partial charge is 0.154 e. The lowest BCUT2D eigenvalue weighted by atomic mass is 9.81. The predicted molar refractivity (Wildman–Crippen MR) is 196 cm³/mol. The summed E-state index contributed by atoms with van der Waals surface area (Å²) in [5, 5.41) is 20.6. The van der Waals surface area contributed by atoms with E-state index >= 15 is 0 Å². The van der Waals surface area contributed by atoms with Crippen LogP contribution in [0.25, 0.3) is 55.3 Å². The lowest BCUT2D eigenvalue weighted by Gasteiger charge is -2.22. The van der Waals surface area contributed by atoms with Gasteiger partial charge in [-0.05, 0) is 103 Å². The fourth-order valence-electron chi connectivity index (χ4n) is 6.96. The zero-order chi connectivity index (χ0) is 32.8. The van der Waals surface area contributed by atoms with Crippen molar-refractivity contribution in [2.45, 2.75) is 19.3 Å². The van der Waals surface area contributed by atoms with Crippen LogP contribution >= 0.6 is 0 Å². The zero-order valence-electron chi connectivity index (χ0n) is 26.8. The van der Waals surface area contributed by atoms with Crippen molar-refractivity contribution < 1.29 is 0 Å². The van der Waals surface area contributed by atoms with Gasteiger partial charge < -0.3 is 4.98 Å². The summed E-state index contributed by atoms with van der Waals surface area (Å²) < 4.78 is 0. The Morgan fingerprint density at radius 2 is 1.23 bits per heavy atom. The van der Waals surface area contributed by atoms with Crippen LogP contribution in [0.15, 0.2) is 151 Å². The van der Waals surface area contributed by atoms with Crippen molar-refractivity contribution in [2.75, 3.05) is 0 Å². The number of nitrogens with zero attached hydrogens (tertiary/aromatic N) is 2. The van der Waals surface area contributed by atoms with Gasteiger partial charge in [0.2, 0.25) is 0 Å². The van der Waals surface area contributed by atoms with E-state index in [0.717, 1.165) is 27.8 Å². The Bertz CT molecular complexity index is 2490. The molecule has 0 spiro atoms. The molecule has 0 radical (unpaired) electrons. The molecular formula is C44H32N4. The molecule has 1 aliphatic carbocycles. The summed E-state index contributed by atoms with van der Waals surface area (Å²) in [6.45, 7) is 4.50. The molecule has 1 heterocycles. The highest BCUT2D eigenvalue weighted by Gasteiger charge is 2.35. The van der Waals surface area contributed by atoms with Crippen molar-refractivity contribution in [3.8, 4) is 50.6 Å². The van der Waals surface area contributed by atoms with Crippen molar-refractivity contribution in [3.05, 3.63) is 173 Å². The molecule has 228 valence electrons. The minimum absolute atomic E-state index is 0.184. The Morgan fingerprint density at radius 3 is 1.96 bits per heavy atom. The third-order valence-corrected chi connectivity index (χ3v) is 9.61. The molecule has 0 saturated carbocycles. The number of fused-ring (bicyclic) bond motifs is 4. The van der Waals surface area contributed by atoms with Crippen LogP contribution in [-0.2, 0) is 5.41 Å². The maximum absolute atomic E-state index is 9.49.